The van der Waals surface area contributed by atoms with Crippen LogP contribution in [-0.4, -0.2) is 13.6 Å². The molecule has 1 N–H and O–H groups in total. The fourth-order valence-corrected chi connectivity index (χ4v) is 3.11. The lowest BCUT2D eigenvalue weighted by Gasteiger charge is -2.05. The topological polar surface area (TPSA) is 72.2 Å². The summed E-state index contributed by atoms with van der Waals surface area (Å²) in [7, 11) is -3.65. The van der Waals surface area contributed by atoms with E-state index in [-0.39, 0.29) is 12.1 Å². The summed E-state index contributed by atoms with van der Waals surface area (Å²) in [6.07, 6.45) is 0.769. The normalized spacial score (nSPS) is 12.0. The summed E-state index contributed by atoms with van der Waals surface area (Å²) < 4.78 is 44.9. The Hall–Kier alpha value is -1.73. The Morgan fingerprint density at radius 2 is 2.05 bits per heavy atom. The maximum atomic E-state index is 13.5. The second kappa shape index (κ2) is 7.02. The van der Waals surface area contributed by atoms with Crippen molar-refractivity contribution >= 4 is 10.0 Å². The van der Waals surface area contributed by atoms with Gasteiger partial charge in [0.15, 0.2) is 5.76 Å². The summed E-state index contributed by atoms with van der Waals surface area (Å²) >= 11 is 0. The van der Waals surface area contributed by atoms with Gasteiger partial charge in [0.05, 0.1) is 18.0 Å². The van der Waals surface area contributed by atoms with Crippen molar-refractivity contribution in [3.8, 4) is 0 Å². The highest BCUT2D eigenvalue weighted by Gasteiger charge is 2.15. The second-order valence-electron chi connectivity index (χ2n) is 5.55. The minimum atomic E-state index is -3.65. The smallest absolute Gasteiger partial charge is 0.216 e. The van der Waals surface area contributed by atoms with Crippen molar-refractivity contribution < 1.29 is 17.3 Å². The summed E-state index contributed by atoms with van der Waals surface area (Å²) in [6.45, 7) is 4.12. The molecule has 0 bridgehead atoms. The lowest BCUT2D eigenvalue weighted by Crippen LogP contribution is -2.24. The van der Waals surface area contributed by atoms with Gasteiger partial charge in [-0.1, -0.05) is 37.2 Å². The van der Waals surface area contributed by atoms with Crippen molar-refractivity contribution in [1.82, 2.24) is 9.88 Å². The fourth-order valence-electron chi connectivity index (χ4n) is 2.01. The maximum Gasteiger partial charge on any atom is 0.216 e. The van der Waals surface area contributed by atoms with Gasteiger partial charge in [0, 0.05) is 11.6 Å². The summed E-state index contributed by atoms with van der Waals surface area (Å²) in [6, 6.07) is 7.53. The molecule has 0 fully saturated rings. The third kappa shape index (κ3) is 4.92. The standard InChI is InChI=1S/C15H19FN2O3S/c1-11(2)7-13-8-14(21-18-13)9-17-22(19,20)10-12-5-3-4-6-15(12)16/h3-6,8,11,17H,7,9-10H2,1-2H3. The molecular formula is C15H19FN2O3S. The number of nitrogens with zero attached hydrogens (tertiary/aromatic N) is 1. The number of aromatic nitrogens is 1. The first-order valence-corrected chi connectivity index (χ1v) is 8.66. The largest absolute Gasteiger partial charge is 0.360 e. The van der Waals surface area contributed by atoms with E-state index in [0.29, 0.717) is 11.7 Å². The van der Waals surface area contributed by atoms with Gasteiger partial charge in [-0.3, -0.25) is 0 Å². The predicted octanol–water partition coefficient (Wildman–Crippen LogP) is 2.63. The number of halogens is 1. The molecule has 2 aromatic rings. The zero-order valence-corrected chi connectivity index (χ0v) is 13.4. The summed E-state index contributed by atoms with van der Waals surface area (Å²) in [5, 5.41) is 3.89. The third-order valence-electron chi connectivity index (χ3n) is 2.99. The maximum absolute atomic E-state index is 13.5. The zero-order chi connectivity index (χ0) is 16.2. The summed E-state index contributed by atoms with van der Waals surface area (Å²) in [4.78, 5) is 0. The molecule has 1 aromatic heterocycles. The average molecular weight is 326 g/mol. The number of nitrogens with one attached hydrogen (secondary N) is 1. The van der Waals surface area contributed by atoms with Gasteiger partial charge in [-0.15, -0.1) is 0 Å². The van der Waals surface area contributed by atoms with Crippen molar-refractivity contribution in [2.45, 2.75) is 32.6 Å². The Labute approximate surface area is 129 Å². The van der Waals surface area contributed by atoms with Gasteiger partial charge in [-0.25, -0.2) is 17.5 Å². The van der Waals surface area contributed by atoms with Crippen LogP contribution in [0.1, 0.15) is 30.9 Å². The van der Waals surface area contributed by atoms with Crippen molar-refractivity contribution in [3.05, 3.63) is 53.2 Å². The number of hydrogen-bond donors (Lipinski definition) is 1. The molecule has 2 rings (SSSR count). The Kier molecular flexibility index (Phi) is 5.31. The van der Waals surface area contributed by atoms with E-state index < -0.39 is 21.6 Å². The summed E-state index contributed by atoms with van der Waals surface area (Å²) in [5.74, 6) is -0.0673. The number of rotatable bonds is 7. The first kappa shape index (κ1) is 16.6. The molecule has 120 valence electrons. The molecule has 1 heterocycles. The quantitative estimate of drug-likeness (QED) is 0.849. The van der Waals surface area contributed by atoms with Crippen LogP contribution in [0.5, 0.6) is 0 Å². The van der Waals surface area contributed by atoms with Gasteiger partial charge >= 0.3 is 0 Å². The van der Waals surface area contributed by atoms with E-state index in [9.17, 15) is 12.8 Å². The van der Waals surface area contributed by atoms with E-state index in [1.54, 1.807) is 12.1 Å². The van der Waals surface area contributed by atoms with E-state index in [4.69, 9.17) is 4.52 Å². The molecule has 0 radical (unpaired) electrons. The van der Waals surface area contributed by atoms with Crippen LogP contribution in [0.3, 0.4) is 0 Å². The van der Waals surface area contributed by atoms with Crippen LogP contribution < -0.4 is 4.72 Å². The van der Waals surface area contributed by atoms with Gasteiger partial charge in [0.2, 0.25) is 10.0 Å². The molecule has 0 unspecified atom stereocenters. The highest BCUT2D eigenvalue weighted by molar-refractivity contribution is 7.88. The lowest BCUT2D eigenvalue weighted by molar-refractivity contribution is 0.372. The van der Waals surface area contributed by atoms with Gasteiger partial charge in [0.25, 0.3) is 0 Å². The fraction of sp³-hybridized carbons (Fsp3) is 0.400. The Morgan fingerprint density at radius 3 is 2.73 bits per heavy atom. The number of hydrogen-bond acceptors (Lipinski definition) is 4. The minimum Gasteiger partial charge on any atom is -0.360 e. The third-order valence-corrected chi connectivity index (χ3v) is 4.27. The molecule has 0 saturated heterocycles. The van der Waals surface area contributed by atoms with E-state index in [1.807, 2.05) is 0 Å². The predicted molar refractivity (Wildman–Crippen MR) is 80.9 cm³/mol. The van der Waals surface area contributed by atoms with Gasteiger partial charge < -0.3 is 4.52 Å². The second-order valence-corrected chi connectivity index (χ2v) is 7.36. The number of sulfonamides is 1. The Morgan fingerprint density at radius 1 is 1.32 bits per heavy atom. The first-order valence-electron chi connectivity index (χ1n) is 7.01. The molecule has 0 amide bonds. The van der Waals surface area contributed by atoms with Crippen molar-refractivity contribution in [2.75, 3.05) is 0 Å². The van der Waals surface area contributed by atoms with Crippen LogP contribution in [-0.2, 0) is 28.7 Å². The van der Waals surface area contributed by atoms with E-state index >= 15 is 0 Å². The molecule has 0 aliphatic heterocycles. The Balaban J connectivity index is 1.95. The van der Waals surface area contributed by atoms with Gasteiger partial charge in [-0.05, 0) is 18.4 Å². The van der Waals surface area contributed by atoms with Crippen molar-refractivity contribution in [2.24, 2.45) is 5.92 Å². The first-order chi connectivity index (χ1) is 10.4. The lowest BCUT2D eigenvalue weighted by atomic mass is 10.1. The molecule has 1 aromatic carbocycles. The van der Waals surface area contributed by atoms with Crippen LogP contribution in [0, 0.1) is 11.7 Å². The van der Waals surface area contributed by atoms with E-state index in [2.05, 4.69) is 23.7 Å². The van der Waals surface area contributed by atoms with Crippen LogP contribution in [0.25, 0.3) is 0 Å². The highest BCUT2D eigenvalue weighted by atomic mass is 32.2. The molecule has 5 nitrogen and oxygen atoms in total. The van der Waals surface area contributed by atoms with Crippen LogP contribution in [0.15, 0.2) is 34.9 Å². The molecule has 22 heavy (non-hydrogen) atoms. The van der Waals surface area contributed by atoms with Gasteiger partial charge in [-0.2, -0.15) is 0 Å². The molecular weight excluding hydrogens is 307 g/mol. The molecule has 0 aliphatic carbocycles. The molecule has 0 spiro atoms. The molecule has 7 heteroatoms. The SMILES string of the molecule is CC(C)Cc1cc(CNS(=O)(=O)Cc2ccccc2F)on1. The summed E-state index contributed by atoms with van der Waals surface area (Å²) in [5.41, 5.74) is 0.923. The van der Waals surface area contributed by atoms with Crippen molar-refractivity contribution in [1.29, 1.82) is 0 Å². The van der Waals surface area contributed by atoms with E-state index in [1.165, 1.54) is 18.2 Å². The van der Waals surface area contributed by atoms with E-state index in [0.717, 1.165) is 12.1 Å². The van der Waals surface area contributed by atoms with Crippen LogP contribution >= 0.6 is 0 Å². The number of benzene rings is 1. The zero-order valence-electron chi connectivity index (χ0n) is 12.5. The molecule has 0 saturated carbocycles. The molecule has 0 atom stereocenters. The van der Waals surface area contributed by atoms with Crippen molar-refractivity contribution in [3.63, 3.8) is 0 Å². The average Bonchev–Trinajstić information content (AvgIpc) is 2.86. The highest BCUT2D eigenvalue weighted by Crippen LogP contribution is 2.12. The monoisotopic (exact) mass is 326 g/mol. The van der Waals surface area contributed by atoms with Crippen LogP contribution in [0.2, 0.25) is 0 Å². The van der Waals surface area contributed by atoms with Gasteiger partial charge in [0.1, 0.15) is 5.82 Å². The Bertz CT molecular complexity index is 726. The van der Waals surface area contributed by atoms with Crippen LogP contribution in [0.4, 0.5) is 4.39 Å². The minimum absolute atomic E-state index is 0.00187. The molecule has 0 aliphatic rings.